The zero-order valence-corrected chi connectivity index (χ0v) is 10.8. The Labute approximate surface area is 113 Å². The Morgan fingerprint density at radius 1 is 1.47 bits per heavy atom. The lowest BCUT2D eigenvalue weighted by atomic mass is 10.1. The molecule has 1 aromatic heterocycles. The Bertz CT molecular complexity index is 754. The average molecular weight is 284 g/mol. The van der Waals surface area contributed by atoms with Gasteiger partial charge in [0, 0.05) is 17.6 Å². The summed E-state index contributed by atoms with van der Waals surface area (Å²) in [5.74, 6) is -1.78. The SMILES string of the molecule is CC1Cc2cc(F)cc3c(=O)c(C(=O)O)cn1c23.Cl. The Morgan fingerprint density at radius 3 is 2.79 bits per heavy atom. The maximum absolute atomic E-state index is 13.5. The number of carbonyl (C=O) groups is 1. The monoisotopic (exact) mass is 283 g/mol. The largest absolute Gasteiger partial charge is 0.477 e. The van der Waals surface area contributed by atoms with Crippen LogP contribution < -0.4 is 5.43 Å². The molecule has 3 rings (SSSR count). The lowest BCUT2D eigenvalue weighted by Crippen LogP contribution is -2.18. The van der Waals surface area contributed by atoms with Crippen molar-refractivity contribution in [3.63, 3.8) is 0 Å². The molecular formula is C13H11ClFNO3. The molecule has 1 unspecified atom stereocenters. The zero-order valence-electron chi connectivity index (χ0n) is 10.0. The summed E-state index contributed by atoms with van der Waals surface area (Å²) >= 11 is 0. The van der Waals surface area contributed by atoms with Gasteiger partial charge in [0.1, 0.15) is 11.4 Å². The van der Waals surface area contributed by atoms with Crippen molar-refractivity contribution in [3.8, 4) is 0 Å². The van der Waals surface area contributed by atoms with Gasteiger partial charge in [-0.05, 0) is 31.0 Å². The van der Waals surface area contributed by atoms with E-state index in [4.69, 9.17) is 5.11 Å². The number of halogens is 2. The van der Waals surface area contributed by atoms with Gasteiger partial charge in [0.15, 0.2) is 0 Å². The first-order valence-electron chi connectivity index (χ1n) is 5.59. The third-order valence-electron chi connectivity index (χ3n) is 3.39. The minimum absolute atomic E-state index is 0. The highest BCUT2D eigenvalue weighted by molar-refractivity contribution is 5.94. The molecule has 1 N–H and O–H groups in total. The Balaban J connectivity index is 0.00000133. The molecule has 1 aliphatic rings. The van der Waals surface area contributed by atoms with Crippen molar-refractivity contribution in [2.24, 2.45) is 0 Å². The quantitative estimate of drug-likeness (QED) is 0.874. The molecule has 6 heteroatoms. The maximum atomic E-state index is 13.5. The first kappa shape index (κ1) is 13.5. The molecule has 0 spiro atoms. The molecule has 0 saturated carbocycles. The molecule has 19 heavy (non-hydrogen) atoms. The highest BCUT2D eigenvalue weighted by atomic mass is 35.5. The highest BCUT2D eigenvalue weighted by Crippen LogP contribution is 2.31. The fourth-order valence-corrected chi connectivity index (χ4v) is 2.61. The molecule has 2 heterocycles. The molecule has 0 saturated heterocycles. The van der Waals surface area contributed by atoms with Gasteiger partial charge in [-0.25, -0.2) is 9.18 Å². The number of carboxylic acids is 1. The average Bonchev–Trinajstić information content (AvgIpc) is 2.59. The van der Waals surface area contributed by atoms with Crippen LogP contribution in [0, 0.1) is 5.82 Å². The summed E-state index contributed by atoms with van der Waals surface area (Å²) in [6.45, 7) is 1.91. The molecule has 0 fully saturated rings. The summed E-state index contributed by atoms with van der Waals surface area (Å²) in [4.78, 5) is 23.0. The van der Waals surface area contributed by atoms with E-state index in [1.165, 1.54) is 12.3 Å². The standard InChI is InChI=1S/C13H10FNO3.ClH/c1-6-2-7-3-8(14)4-9-11(7)15(6)5-10(12(9)16)13(17)18;/h3-6H,2H2,1H3,(H,17,18);1H. The molecule has 0 bridgehead atoms. The Hall–Kier alpha value is -1.88. The normalized spacial score (nSPS) is 16.4. The Morgan fingerprint density at radius 2 is 2.16 bits per heavy atom. The number of benzene rings is 1. The highest BCUT2D eigenvalue weighted by Gasteiger charge is 2.25. The number of rotatable bonds is 1. The summed E-state index contributed by atoms with van der Waals surface area (Å²) in [7, 11) is 0. The second-order valence-corrected chi connectivity index (χ2v) is 4.60. The molecule has 4 nitrogen and oxygen atoms in total. The molecular weight excluding hydrogens is 273 g/mol. The first-order chi connectivity index (χ1) is 8.49. The van der Waals surface area contributed by atoms with Crippen molar-refractivity contribution in [1.82, 2.24) is 4.57 Å². The van der Waals surface area contributed by atoms with E-state index in [1.54, 1.807) is 4.57 Å². The van der Waals surface area contributed by atoms with E-state index >= 15 is 0 Å². The van der Waals surface area contributed by atoms with Crippen LogP contribution in [0.5, 0.6) is 0 Å². The number of hydrogen-bond acceptors (Lipinski definition) is 2. The number of nitrogens with zero attached hydrogens (tertiary/aromatic N) is 1. The molecule has 2 aromatic rings. The number of pyridine rings is 1. The van der Waals surface area contributed by atoms with Crippen molar-refractivity contribution in [2.75, 3.05) is 0 Å². The predicted molar refractivity (Wildman–Crippen MR) is 70.8 cm³/mol. The van der Waals surface area contributed by atoms with E-state index in [2.05, 4.69) is 0 Å². The van der Waals surface area contributed by atoms with Crippen LogP contribution in [0.2, 0.25) is 0 Å². The summed E-state index contributed by atoms with van der Waals surface area (Å²) in [5.41, 5.74) is 0.474. The van der Waals surface area contributed by atoms with Crippen LogP contribution >= 0.6 is 12.4 Å². The van der Waals surface area contributed by atoms with E-state index in [9.17, 15) is 14.0 Å². The van der Waals surface area contributed by atoms with Gasteiger partial charge in [-0.2, -0.15) is 0 Å². The van der Waals surface area contributed by atoms with Gasteiger partial charge in [-0.15, -0.1) is 12.4 Å². The lowest BCUT2D eigenvalue weighted by molar-refractivity contribution is 0.0695. The Kier molecular flexibility index (Phi) is 3.10. The van der Waals surface area contributed by atoms with E-state index < -0.39 is 17.2 Å². The molecule has 0 aliphatic carbocycles. The fourth-order valence-electron chi connectivity index (χ4n) is 2.61. The smallest absolute Gasteiger partial charge is 0.341 e. The maximum Gasteiger partial charge on any atom is 0.341 e. The lowest BCUT2D eigenvalue weighted by Gasteiger charge is -2.10. The van der Waals surface area contributed by atoms with Gasteiger partial charge in [0.25, 0.3) is 0 Å². The molecule has 0 radical (unpaired) electrons. The minimum Gasteiger partial charge on any atom is -0.477 e. The van der Waals surface area contributed by atoms with Crippen LogP contribution in [0.1, 0.15) is 28.9 Å². The van der Waals surface area contributed by atoms with Crippen LogP contribution in [-0.2, 0) is 6.42 Å². The van der Waals surface area contributed by atoms with Gasteiger partial charge in [-0.3, -0.25) is 4.79 Å². The van der Waals surface area contributed by atoms with Crippen molar-refractivity contribution in [1.29, 1.82) is 0 Å². The second-order valence-electron chi connectivity index (χ2n) is 4.60. The number of carboxylic acid groups (broad SMARTS) is 1. The van der Waals surface area contributed by atoms with Crippen LogP contribution in [0.3, 0.4) is 0 Å². The van der Waals surface area contributed by atoms with E-state index in [1.807, 2.05) is 6.92 Å². The summed E-state index contributed by atoms with van der Waals surface area (Å²) < 4.78 is 15.2. The molecule has 0 amide bonds. The number of hydrogen-bond donors (Lipinski definition) is 1. The van der Waals surface area contributed by atoms with Gasteiger partial charge in [0.05, 0.1) is 5.52 Å². The summed E-state index contributed by atoms with van der Waals surface area (Å²) in [5, 5.41) is 9.16. The molecule has 1 aromatic carbocycles. The molecule has 100 valence electrons. The predicted octanol–water partition coefficient (Wildman–Crippen LogP) is 2.38. The van der Waals surface area contributed by atoms with Crippen molar-refractivity contribution >= 4 is 29.3 Å². The van der Waals surface area contributed by atoms with Crippen molar-refractivity contribution in [2.45, 2.75) is 19.4 Å². The molecule has 1 atom stereocenters. The van der Waals surface area contributed by atoms with E-state index in [-0.39, 0.29) is 29.4 Å². The number of aromatic nitrogens is 1. The van der Waals surface area contributed by atoms with Gasteiger partial charge >= 0.3 is 5.97 Å². The third kappa shape index (κ3) is 1.81. The molecule has 1 aliphatic heterocycles. The van der Waals surface area contributed by atoms with Crippen molar-refractivity contribution in [3.05, 3.63) is 45.5 Å². The third-order valence-corrected chi connectivity index (χ3v) is 3.39. The second kappa shape index (κ2) is 4.35. The van der Waals surface area contributed by atoms with Crippen LogP contribution in [0.15, 0.2) is 23.1 Å². The minimum atomic E-state index is -1.28. The zero-order chi connectivity index (χ0) is 13.0. The first-order valence-corrected chi connectivity index (χ1v) is 5.59. The van der Waals surface area contributed by atoms with Crippen LogP contribution in [-0.4, -0.2) is 15.6 Å². The summed E-state index contributed by atoms with van der Waals surface area (Å²) in [6, 6.07) is 2.55. The van der Waals surface area contributed by atoms with E-state index in [0.717, 1.165) is 11.6 Å². The van der Waals surface area contributed by atoms with Gasteiger partial charge in [-0.1, -0.05) is 0 Å². The van der Waals surface area contributed by atoms with Gasteiger partial charge in [0.2, 0.25) is 5.43 Å². The fraction of sp³-hybridized carbons (Fsp3) is 0.231. The van der Waals surface area contributed by atoms with Crippen LogP contribution in [0.4, 0.5) is 4.39 Å². The topological polar surface area (TPSA) is 59.3 Å². The summed E-state index contributed by atoms with van der Waals surface area (Å²) in [6.07, 6.45) is 1.96. The van der Waals surface area contributed by atoms with Crippen LogP contribution in [0.25, 0.3) is 10.9 Å². The van der Waals surface area contributed by atoms with E-state index in [0.29, 0.717) is 11.9 Å². The van der Waals surface area contributed by atoms with Crippen molar-refractivity contribution < 1.29 is 14.3 Å². The van der Waals surface area contributed by atoms with Gasteiger partial charge < -0.3 is 9.67 Å². The number of aromatic carboxylic acids is 1.